The number of rotatable bonds is 4. The van der Waals surface area contributed by atoms with Gasteiger partial charge in [0.15, 0.2) is 0 Å². The van der Waals surface area contributed by atoms with E-state index in [-0.39, 0.29) is 5.92 Å². The minimum atomic E-state index is 0.198. The van der Waals surface area contributed by atoms with Gasteiger partial charge in [0.1, 0.15) is 6.29 Å². The average molecular weight is 276 g/mol. The van der Waals surface area contributed by atoms with Gasteiger partial charge in [-0.25, -0.2) is 0 Å². The van der Waals surface area contributed by atoms with Crippen molar-refractivity contribution in [3.63, 3.8) is 0 Å². The van der Waals surface area contributed by atoms with E-state index in [4.69, 9.17) is 0 Å². The molecule has 2 fully saturated rings. The molecular weight excluding hydrogens is 244 g/mol. The fraction of sp³-hybridized carbons (Fsp3) is 0.842. The van der Waals surface area contributed by atoms with Crippen molar-refractivity contribution in [2.75, 3.05) is 0 Å². The maximum Gasteiger partial charge on any atom is 0.122 e. The quantitative estimate of drug-likeness (QED) is 0.496. The molecule has 2 rings (SSSR count). The molecule has 0 spiro atoms. The van der Waals surface area contributed by atoms with Gasteiger partial charge >= 0.3 is 0 Å². The van der Waals surface area contributed by atoms with E-state index in [0.29, 0.717) is 16.7 Å². The lowest BCUT2D eigenvalue weighted by Crippen LogP contribution is -2.49. The average Bonchev–Trinajstić information content (AvgIpc) is 2.36. The highest BCUT2D eigenvalue weighted by Crippen LogP contribution is 2.61. The predicted octanol–water partition coefficient (Wildman–Crippen LogP) is 5.40. The summed E-state index contributed by atoms with van der Waals surface area (Å²) in [7, 11) is 0. The van der Waals surface area contributed by atoms with Crippen molar-refractivity contribution >= 4 is 6.29 Å². The number of allylic oxidation sites excluding steroid dienone is 1. The molecule has 2 aliphatic rings. The first kappa shape index (κ1) is 15.8. The van der Waals surface area contributed by atoms with E-state index in [2.05, 4.69) is 27.4 Å². The highest BCUT2D eigenvalue weighted by molar-refractivity contribution is 5.52. The molecule has 1 heteroatoms. The normalized spacial score (nSPS) is 38.1. The fourth-order valence-electron chi connectivity index (χ4n) is 5.31. The van der Waals surface area contributed by atoms with Crippen molar-refractivity contribution in [1.29, 1.82) is 0 Å². The molecule has 0 heterocycles. The standard InChI is InChI=1S/C19H32O/c1-14(13-20)7-9-16-15(2)8-10-17-18(3,4)11-6-12-19(16,17)5/h13-14,16-17H,2,6-12H2,1,3-5H3/t14?,16-,17?,19+/m0/s1. The molecule has 0 N–H and O–H groups in total. The fourth-order valence-corrected chi connectivity index (χ4v) is 5.31. The van der Waals surface area contributed by atoms with Crippen LogP contribution in [0, 0.1) is 28.6 Å². The van der Waals surface area contributed by atoms with E-state index in [1.54, 1.807) is 0 Å². The Hall–Kier alpha value is -0.590. The van der Waals surface area contributed by atoms with Crippen LogP contribution in [-0.4, -0.2) is 6.29 Å². The molecule has 114 valence electrons. The van der Waals surface area contributed by atoms with Crippen LogP contribution in [0.3, 0.4) is 0 Å². The third kappa shape index (κ3) is 2.73. The minimum Gasteiger partial charge on any atom is -0.303 e. The summed E-state index contributed by atoms with van der Waals surface area (Å²) < 4.78 is 0. The third-order valence-electron chi connectivity index (χ3n) is 6.46. The van der Waals surface area contributed by atoms with Crippen LogP contribution in [0.4, 0.5) is 0 Å². The van der Waals surface area contributed by atoms with Crippen LogP contribution in [0.5, 0.6) is 0 Å². The van der Waals surface area contributed by atoms with Crippen LogP contribution in [0.2, 0.25) is 0 Å². The van der Waals surface area contributed by atoms with Crippen molar-refractivity contribution in [2.24, 2.45) is 28.6 Å². The summed E-state index contributed by atoms with van der Waals surface area (Å²) in [6.45, 7) is 13.9. The van der Waals surface area contributed by atoms with Gasteiger partial charge in [-0.1, -0.05) is 46.3 Å². The van der Waals surface area contributed by atoms with Crippen LogP contribution in [0.15, 0.2) is 12.2 Å². The molecule has 0 saturated heterocycles. The lowest BCUT2D eigenvalue weighted by atomic mass is 9.47. The van der Waals surface area contributed by atoms with Crippen LogP contribution in [0.1, 0.15) is 72.6 Å². The van der Waals surface area contributed by atoms with Crippen LogP contribution < -0.4 is 0 Å². The highest BCUT2D eigenvalue weighted by Gasteiger charge is 2.52. The van der Waals surface area contributed by atoms with Crippen molar-refractivity contribution < 1.29 is 4.79 Å². The van der Waals surface area contributed by atoms with Gasteiger partial charge in [0, 0.05) is 5.92 Å². The van der Waals surface area contributed by atoms with E-state index >= 15 is 0 Å². The second-order valence-electron chi connectivity index (χ2n) is 8.34. The molecule has 1 nitrogen and oxygen atoms in total. The Kier molecular flexibility index (Phi) is 4.47. The smallest absolute Gasteiger partial charge is 0.122 e. The number of carbonyl (C=O) groups is 1. The first-order valence-corrected chi connectivity index (χ1v) is 8.44. The van der Waals surface area contributed by atoms with Crippen LogP contribution >= 0.6 is 0 Å². The van der Waals surface area contributed by atoms with Gasteiger partial charge in [-0.3, -0.25) is 0 Å². The van der Waals surface area contributed by atoms with Crippen molar-refractivity contribution in [3.8, 4) is 0 Å². The molecule has 2 aliphatic carbocycles. The zero-order valence-corrected chi connectivity index (χ0v) is 13.9. The molecule has 0 aliphatic heterocycles. The molecule has 0 bridgehead atoms. The van der Waals surface area contributed by atoms with Crippen LogP contribution in [0.25, 0.3) is 0 Å². The zero-order chi connectivity index (χ0) is 15.0. The van der Waals surface area contributed by atoms with Gasteiger partial charge in [-0.05, 0) is 61.2 Å². The Morgan fingerprint density at radius 1 is 1.35 bits per heavy atom. The summed E-state index contributed by atoms with van der Waals surface area (Å²) >= 11 is 0. The van der Waals surface area contributed by atoms with E-state index in [1.165, 1.54) is 37.7 Å². The highest BCUT2D eigenvalue weighted by atomic mass is 16.1. The summed E-state index contributed by atoms with van der Waals surface area (Å²) in [6.07, 6.45) is 9.88. The van der Waals surface area contributed by atoms with Gasteiger partial charge in [0.2, 0.25) is 0 Å². The molecule has 4 atom stereocenters. The van der Waals surface area contributed by atoms with Crippen molar-refractivity contribution in [3.05, 3.63) is 12.2 Å². The van der Waals surface area contributed by atoms with Crippen molar-refractivity contribution in [2.45, 2.75) is 72.6 Å². The zero-order valence-electron chi connectivity index (χ0n) is 13.9. The first-order chi connectivity index (χ1) is 9.31. The first-order valence-electron chi connectivity index (χ1n) is 8.44. The summed E-state index contributed by atoms with van der Waals surface area (Å²) in [5.41, 5.74) is 2.35. The summed E-state index contributed by atoms with van der Waals surface area (Å²) in [5.74, 6) is 1.65. The van der Waals surface area contributed by atoms with Gasteiger partial charge < -0.3 is 4.79 Å². The maximum absolute atomic E-state index is 10.9. The minimum absolute atomic E-state index is 0.198. The maximum atomic E-state index is 10.9. The second-order valence-corrected chi connectivity index (χ2v) is 8.34. The number of carbonyl (C=O) groups excluding carboxylic acids is 1. The third-order valence-corrected chi connectivity index (χ3v) is 6.46. The molecule has 2 unspecified atom stereocenters. The number of hydrogen-bond donors (Lipinski definition) is 0. The Labute approximate surface area is 125 Å². The van der Waals surface area contributed by atoms with E-state index in [1.807, 2.05) is 6.92 Å². The van der Waals surface area contributed by atoms with Gasteiger partial charge in [0.05, 0.1) is 0 Å². The van der Waals surface area contributed by atoms with Gasteiger partial charge in [-0.2, -0.15) is 0 Å². The van der Waals surface area contributed by atoms with Gasteiger partial charge in [-0.15, -0.1) is 0 Å². The molecule has 0 amide bonds. The molecule has 0 aromatic rings. The summed E-state index contributed by atoms with van der Waals surface area (Å²) in [6, 6.07) is 0. The lowest BCUT2D eigenvalue weighted by molar-refractivity contribution is -0.111. The Balaban J connectivity index is 2.19. The summed E-state index contributed by atoms with van der Waals surface area (Å²) in [5, 5.41) is 0. The number of fused-ring (bicyclic) bond motifs is 1. The Morgan fingerprint density at radius 3 is 2.70 bits per heavy atom. The van der Waals surface area contributed by atoms with E-state index in [9.17, 15) is 4.79 Å². The molecule has 0 radical (unpaired) electrons. The topological polar surface area (TPSA) is 17.1 Å². The molecule has 0 aromatic carbocycles. The summed E-state index contributed by atoms with van der Waals surface area (Å²) in [4.78, 5) is 10.9. The Bertz CT molecular complexity index is 381. The van der Waals surface area contributed by atoms with Crippen molar-refractivity contribution in [1.82, 2.24) is 0 Å². The molecule has 0 aromatic heterocycles. The second kappa shape index (κ2) is 5.66. The molecule has 20 heavy (non-hydrogen) atoms. The monoisotopic (exact) mass is 276 g/mol. The van der Waals surface area contributed by atoms with E-state index < -0.39 is 0 Å². The molecular formula is C19H32O. The van der Waals surface area contributed by atoms with Crippen LogP contribution in [-0.2, 0) is 4.79 Å². The SMILES string of the molecule is C=C1CCC2C(C)(C)CCC[C@]2(C)[C@H]1CCC(C)C=O. The lowest BCUT2D eigenvalue weighted by Gasteiger charge is -2.58. The predicted molar refractivity (Wildman–Crippen MR) is 85.6 cm³/mol. The largest absolute Gasteiger partial charge is 0.303 e. The van der Waals surface area contributed by atoms with Gasteiger partial charge in [0.25, 0.3) is 0 Å². The molecule has 2 saturated carbocycles. The van der Waals surface area contributed by atoms with E-state index in [0.717, 1.165) is 25.0 Å². The Morgan fingerprint density at radius 2 is 2.05 bits per heavy atom. The number of aldehydes is 1. The number of hydrogen-bond acceptors (Lipinski definition) is 1.